The molecule has 0 spiro atoms. The summed E-state index contributed by atoms with van der Waals surface area (Å²) in [5.74, 6) is -2.86. The molecule has 0 bridgehead atoms. The van der Waals surface area contributed by atoms with Crippen molar-refractivity contribution in [3.05, 3.63) is 0 Å². The van der Waals surface area contributed by atoms with Crippen molar-refractivity contribution < 1.29 is 28.8 Å². The Kier molecular flexibility index (Phi) is 6.56. The number of hydrogen-bond acceptors (Lipinski definition) is 6. The van der Waals surface area contributed by atoms with E-state index < -0.39 is 35.2 Å². The van der Waals surface area contributed by atoms with Gasteiger partial charge in [-0.25, -0.2) is 4.79 Å². The summed E-state index contributed by atoms with van der Waals surface area (Å²) < 4.78 is 4.99. The first-order chi connectivity index (χ1) is 11.4. The number of esters is 1. The molecule has 1 rings (SSSR count). The number of amides is 2. The number of ether oxygens (including phenoxy) is 1. The summed E-state index contributed by atoms with van der Waals surface area (Å²) in [5.41, 5.74) is -0.564. The van der Waals surface area contributed by atoms with Crippen LogP contribution in [0.5, 0.6) is 0 Å². The fourth-order valence-corrected chi connectivity index (χ4v) is 2.98. The lowest BCUT2D eigenvalue weighted by atomic mass is 9.85. The molecule has 142 valence electrons. The first kappa shape index (κ1) is 20.9. The largest absolute Gasteiger partial charge is 0.464 e. The maximum absolute atomic E-state index is 12.4. The van der Waals surface area contributed by atoms with Gasteiger partial charge in [-0.3, -0.25) is 14.4 Å². The minimum atomic E-state index is -1.12. The zero-order valence-corrected chi connectivity index (χ0v) is 16.0. The summed E-state index contributed by atoms with van der Waals surface area (Å²) in [4.78, 5) is 54.5. The monoisotopic (exact) mass is 356 g/mol. The molecule has 0 aromatic carbocycles. The molecule has 0 radical (unpaired) electrons. The number of nitrogens with zero attached hydrogens (tertiary/aromatic N) is 2. The topological polar surface area (TPSA) is 93.2 Å². The van der Waals surface area contributed by atoms with E-state index in [1.165, 1.54) is 11.8 Å². The van der Waals surface area contributed by atoms with Crippen molar-refractivity contribution in [2.45, 2.75) is 73.0 Å². The van der Waals surface area contributed by atoms with E-state index >= 15 is 0 Å². The fourth-order valence-electron chi connectivity index (χ4n) is 2.98. The number of rotatable bonds is 5. The zero-order chi connectivity index (χ0) is 19.5. The number of carbonyl (C=O) groups is 4. The van der Waals surface area contributed by atoms with E-state index in [1.54, 1.807) is 27.7 Å². The minimum absolute atomic E-state index is 0.104. The number of hydroxylamine groups is 2. The second-order valence-corrected chi connectivity index (χ2v) is 7.48. The van der Waals surface area contributed by atoms with Crippen molar-refractivity contribution in [2.24, 2.45) is 5.41 Å². The van der Waals surface area contributed by atoms with Crippen LogP contribution in [0.3, 0.4) is 0 Å². The van der Waals surface area contributed by atoms with E-state index in [2.05, 4.69) is 0 Å². The molecule has 0 aromatic rings. The molecular formula is C17H28N2O6. The van der Waals surface area contributed by atoms with Crippen molar-refractivity contribution >= 4 is 23.8 Å². The Hall–Kier alpha value is -2.12. The van der Waals surface area contributed by atoms with Gasteiger partial charge in [0.1, 0.15) is 12.6 Å². The van der Waals surface area contributed by atoms with Crippen molar-refractivity contribution in [3.63, 3.8) is 0 Å². The van der Waals surface area contributed by atoms with Gasteiger partial charge >= 0.3 is 17.8 Å². The van der Waals surface area contributed by atoms with Gasteiger partial charge in [0.05, 0.1) is 0 Å². The first-order valence-electron chi connectivity index (χ1n) is 8.38. The molecule has 8 heteroatoms. The van der Waals surface area contributed by atoms with Gasteiger partial charge in [-0.15, -0.1) is 0 Å². The fraction of sp³-hybridized carbons (Fsp3) is 0.765. The quantitative estimate of drug-likeness (QED) is 0.544. The van der Waals surface area contributed by atoms with Crippen LogP contribution in [0.2, 0.25) is 0 Å². The highest BCUT2D eigenvalue weighted by Gasteiger charge is 2.49. The van der Waals surface area contributed by atoms with Crippen molar-refractivity contribution in [3.8, 4) is 0 Å². The molecule has 25 heavy (non-hydrogen) atoms. The van der Waals surface area contributed by atoms with Gasteiger partial charge in [0.25, 0.3) is 5.91 Å². The maximum atomic E-state index is 12.4. The predicted molar refractivity (Wildman–Crippen MR) is 88.9 cm³/mol. The Morgan fingerprint density at radius 1 is 1.20 bits per heavy atom. The summed E-state index contributed by atoms with van der Waals surface area (Å²) >= 11 is 0. The minimum Gasteiger partial charge on any atom is -0.464 e. The van der Waals surface area contributed by atoms with E-state index in [-0.39, 0.29) is 25.1 Å². The van der Waals surface area contributed by atoms with Crippen LogP contribution in [0.4, 0.5) is 0 Å². The van der Waals surface area contributed by atoms with Gasteiger partial charge in [0, 0.05) is 30.8 Å². The summed E-state index contributed by atoms with van der Waals surface area (Å²) in [6.45, 7) is 11.9. The van der Waals surface area contributed by atoms with Crippen LogP contribution >= 0.6 is 0 Å². The maximum Gasteiger partial charge on any atom is 0.421 e. The Balaban J connectivity index is 2.93. The lowest BCUT2D eigenvalue weighted by molar-refractivity contribution is -0.209. The Morgan fingerprint density at radius 3 is 2.16 bits per heavy atom. The standard InChI is InChI=1S/C17H28N2O6/c1-10(2)18(11(3)4)15(22)16(23)25-19-13(9-24-12(5)20)17(6,7)8-14(19)21/h10-11,13H,8-9H2,1-7H3. The van der Waals surface area contributed by atoms with E-state index in [0.29, 0.717) is 0 Å². The molecule has 2 amide bonds. The molecule has 1 aliphatic heterocycles. The van der Waals surface area contributed by atoms with Crippen LogP contribution in [-0.4, -0.2) is 58.4 Å². The molecule has 0 saturated carbocycles. The molecule has 1 unspecified atom stereocenters. The summed E-state index contributed by atoms with van der Waals surface area (Å²) in [6.07, 6.45) is 0.123. The molecule has 8 nitrogen and oxygen atoms in total. The molecule has 1 fully saturated rings. The van der Waals surface area contributed by atoms with E-state index in [1.807, 2.05) is 13.8 Å². The van der Waals surface area contributed by atoms with Gasteiger partial charge in [-0.05, 0) is 27.7 Å². The molecule has 1 atom stereocenters. The van der Waals surface area contributed by atoms with Crippen LogP contribution in [-0.2, 0) is 28.8 Å². The second kappa shape index (κ2) is 7.84. The second-order valence-electron chi connectivity index (χ2n) is 7.48. The molecule has 0 aromatic heterocycles. The lowest BCUT2D eigenvalue weighted by Gasteiger charge is -2.32. The summed E-state index contributed by atoms with van der Waals surface area (Å²) in [7, 11) is 0. The normalized spacial score (nSPS) is 19.3. The summed E-state index contributed by atoms with van der Waals surface area (Å²) in [5, 5.41) is 0.877. The molecule has 1 saturated heterocycles. The van der Waals surface area contributed by atoms with Crippen LogP contribution < -0.4 is 0 Å². The third-order valence-corrected chi connectivity index (χ3v) is 4.19. The molecular weight excluding hydrogens is 328 g/mol. The highest BCUT2D eigenvalue weighted by molar-refractivity contribution is 6.32. The third-order valence-electron chi connectivity index (χ3n) is 4.19. The average molecular weight is 356 g/mol. The molecule has 1 aliphatic rings. The van der Waals surface area contributed by atoms with Crippen LogP contribution in [0.1, 0.15) is 54.9 Å². The Morgan fingerprint density at radius 2 is 1.72 bits per heavy atom. The van der Waals surface area contributed by atoms with Crippen molar-refractivity contribution in [2.75, 3.05) is 6.61 Å². The van der Waals surface area contributed by atoms with Gasteiger partial charge in [-0.1, -0.05) is 13.8 Å². The highest BCUT2D eigenvalue weighted by atomic mass is 16.7. The van der Waals surface area contributed by atoms with E-state index in [0.717, 1.165) is 5.06 Å². The van der Waals surface area contributed by atoms with Gasteiger partial charge in [0.15, 0.2) is 0 Å². The van der Waals surface area contributed by atoms with Crippen molar-refractivity contribution in [1.29, 1.82) is 0 Å². The smallest absolute Gasteiger partial charge is 0.421 e. The number of hydrogen-bond donors (Lipinski definition) is 0. The zero-order valence-electron chi connectivity index (χ0n) is 16.0. The predicted octanol–water partition coefficient (Wildman–Crippen LogP) is 1.28. The Labute approximate surface area is 148 Å². The highest BCUT2D eigenvalue weighted by Crippen LogP contribution is 2.37. The SMILES string of the molecule is CC(=O)OCC1N(OC(=O)C(=O)N(C(C)C)C(C)C)C(=O)CC1(C)C. The van der Waals surface area contributed by atoms with Crippen LogP contribution in [0, 0.1) is 5.41 Å². The molecule has 1 heterocycles. The molecule has 0 N–H and O–H groups in total. The molecule has 0 aliphatic carbocycles. The van der Waals surface area contributed by atoms with E-state index in [4.69, 9.17) is 9.57 Å². The first-order valence-corrected chi connectivity index (χ1v) is 8.38. The number of carbonyl (C=O) groups excluding carboxylic acids is 4. The van der Waals surface area contributed by atoms with Crippen molar-refractivity contribution in [1.82, 2.24) is 9.96 Å². The third kappa shape index (κ3) is 4.93. The lowest BCUT2D eigenvalue weighted by Crippen LogP contribution is -2.50. The van der Waals surface area contributed by atoms with Crippen LogP contribution in [0.25, 0.3) is 0 Å². The van der Waals surface area contributed by atoms with Gasteiger partial charge in [0.2, 0.25) is 0 Å². The Bertz CT molecular complexity index is 547. The van der Waals surface area contributed by atoms with Gasteiger partial charge < -0.3 is 14.5 Å². The van der Waals surface area contributed by atoms with Gasteiger partial charge in [-0.2, -0.15) is 5.06 Å². The van der Waals surface area contributed by atoms with E-state index in [9.17, 15) is 19.2 Å². The summed E-state index contributed by atoms with van der Waals surface area (Å²) in [6, 6.07) is -1.03. The average Bonchev–Trinajstić information content (AvgIpc) is 2.64. The van der Waals surface area contributed by atoms with Crippen LogP contribution in [0.15, 0.2) is 0 Å².